The van der Waals surface area contributed by atoms with Crippen LogP contribution in [0.15, 0.2) is 41.0 Å². The number of aromatic nitrogens is 1. The van der Waals surface area contributed by atoms with Gasteiger partial charge < -0.3 is 15.4 Å². The SMILES string of the molecule is CNc1ncccc1C(=O)Nc1cc(Br)ccc1OC. The van der Waals surface area contributed by atoms with Crippen LogP contribution in [0, 0.1) is 0 Å². The number of hydrogen-bond acceptors (Lipinski definition) is 4. The van der Waals surface area contributed by atoms with Crippen molar-refractivity contribution in [1.82, 2.24) is 4.98 Å². The Hall–Kier alpha value is -2.08. The lowest BCUT2D eigenvalue weighted by Crippen LogP contribution is -2.15. The molecule has 0 aliphatic rings. The Labute approximate surface area is 125 Å². The summed E-state index contributed by atoms with van der Waals surface area (Å²) in [4.78, 5) is 16.4. The van der Waals surface area contributed by atoms with E-state index in [1.807, 2.05) is 6.07 Å². The normalized spacial score (nSPS) is 9.95. The first-order chi connectivity index (χ1) is 9.65. The predicted molar refractivity (Wildman–Crippen MR) is 82.4 cm³/mol. The molecule has 2 aromatic rings. The number of ether oxygens (including phenoxy) is 1. The van der Waals surface area contributed by atoms with Gasteiger partial charge in [0.2, 0.25) is 0 Å². The van der Waals surface area contributed by atoms with Crippen LogP contribution in [0.4, 0.5) is 11.5 Å². The Balaban J connectivity index is 2.30. The van der Waals surface area contributed by atoms with E-state index in [2.05, 4.69) is 31.5 Å². The third-order valence-corrected chi connectivity index (χ3v) is 3.19. The molecule has 104 valence electrons. The molecule has 0 spiro atoms. The second kappa shape index (κ2) is 6.38. The van der Waals surface area contributed by atoms with Crippen molar-refractivity contribution in [3.63, 3.8) is 0 Å². The smallest absolute Gasteiger partial charge is 0.259 e. The van der Waals surface area contributed by atoms with Gasteiger partial charge in [-0.2, -0.15) is 0 Å². The van der Waals surface area contributed by atoms with Crippen molar-refractivity contribution in [3.05, 3.63) is 46.6 Å². The quantitative estimate of drug-likeness (QED) is 0.900. The Morgan fingerprint density at radius 3 is 2.85 bits per heavy atom. The molecular weight excluding hydrogens is 322 g/mol. The van der Waals surface area contributed by atoms with E-state index in [0.29, 0.717) is 22.8 Å². The molecule has 1 aromatic carbocycles. The zero-order chi connectivity index (χ0) is 14.5. The molecule has 5 nitrogen and oxygen atoms in total. The number of carbonyl (C=O) groups excluding carboxylic acids is 1. The molecule has 2 rings (SSSR count). The van der Waals surface area contributed by atoms with Gasteiger partial charge in [-0.25, -0.2) is 4.98 Å². The summed E-state index contributed by atoms with van der Waals surface area (Å²) in [6.07, 6.45) is 1.63. The van der Waals surface area contributed by atoms with Crippen LogP contribution >= 0.6 is 15.9 Å². The maximum atomic E-state index is 12.3. The molecule has 0 aliphatic carbocycles. The molecule has 0 radical (unpaired) electrons. The molecule has 20 heavy (non-hydrogen) atoms. The monoisotopic (exact) mass is 335 g/mol. The number of nitrogens with one attached hydrogen (secondary N) is 2. The summed E-state index contributed by atoms with van der Waals surface area (Å²) in [5.74, 6) is 0.870. The summed E-state index contributed by atoms with van der Waals surface area (Å²) >= 11 is 3.37. The molecule has 0 saturated carbocycles. The van der Waals surface area contributed by atoms with Gasteiger partial charge in [0, 0.05) is 17.7 Å². The lowest BCUT2D eigenvalue weighted by molar-refractivity contribution is 0.102. The van der Waals surface area contributed by atoms with Crippen LogP contribution in [-0.4, -0.2) is 25.0 Å². The van der Waals surface area contributed by atoms with Gasteiger partial charge in [-0.1, -0.05) is 15.9 Å². The molecule has 1 aromatic heterocycles. The fourth-order valence-electron chi connectivity index (χ4n) is 1.76. The second-order valence-corrected chi connectivity index (χ2v) is 4.86. The van der Waals surface area contributed by atoms with E-state index >= 15 is 0 Å². The van der Waals surface area contributed by atoms with E-state index in [9.17, 15) is 4.79 Å². The Bertz CT molecular complexity index is 632. The van der Waals surface area contributed by atoms with Crippen LogP contribution < -0.4 is 15.4 Å². The third kappa shape index (κ3) is 3.08. The first kappa shape index (κ1) is 14.3. The fourth-order valence-corrected chi connectivity index (χ4v) is 2.12. The molecule has 6 heteroatoms. The van der Waals surface area contributed by atoms with E-state index < -0.39 is 0 Å². The number of benzene rings is 1. The van der Waals surface area contributed by atoms with E-state index in [1.165, 1.54) is 0 Å². The Kier molecular flexibility index (Phi) is 4.57. The van der Waals surface area contributed by atoms with E-state index in [-0.39, 0.29) is 5.91 Å². The molecule has 0 aliphatic heterocycles. The summed E-state index contributed by atoms with van der Waals surface area (Å²) in [6, 6.07) is 8.83. The summed E-state index contributed by atoms with van der Waals surface area (Å²) in [6.45, 7) is 0. The third-order valence-electron chi connectivity index (χ3n) is 2.70. The number of nitrogens with zero attached hydrogens (tertiary/aromatic N) is 1. The van der Waals surface area contributed by atoms with Crippen molar-refractivity contribution in [2.24, 2.45) is 0 Å². The first-order valence-electron chi connectivity index (χ1n) is 5.93. The van der Waals surface area contributed by atoms with Gasteiger partial charge in [-0.05, 0) is 30.3 Å². The van der Waals surface area contributed by atoms with Gasteiger partial charge in [0.05, 0.1) is 18.4 Å². The van der Waals surface area contributed by atoms with Crippen molar-refractivity contribution >= 4 is 33.3 Å². The molecular formula is C14H14BrN3O2. The zero-order valence-electron chi connectivity index (χ0n) is 11.1. The summed E-state index contributed by atoms with van der Waals surface area (Å²) in [5.41, 5.74) is 1.06. The topological polar surface area (TPSA) is 63.2 Å². The zero-order valence-corrected chi connectivity index (χ0v) is 12.7. The van der Waals surface area contributed by atoms with E-state index in [0.717, 1.165) is 4.47 Å². The van der Waals surface area contributed by atoms with Crippen molar-refractivity contribution in [2.45, 2.75) is 0 Å². The van der Waals surface area contributed by atoms with Crippen LogP contribution in [0.25, 0.3) is 0 Å². The standard InChI is InChI=1S/C14H14BrN3O2/c1-16-13-10(4-3-7-17-13)14(19)18-11-8-9(15)5-6-12(11)20-2/h3-8H,1-2H3,(H,16,17)(H,18,19). The average Bonchev–Trinajstić information content (AvgIpc) is 2.47. The molecule has 0 saturated heterocycles. The van der Waals surface area contributed by atoms with Crippen LogP contribution in [0.1, 0.15) is 10.4 Å². The summed E-state index contributed by atoms with van der Waals surface area (Å²) < 4.78 is 6.08. The Morgan fingerprint density at radius 1 is 1.35 bits per heavy atom. The molecule has 1 amide bonds. The molecule has 0 unspecified atom stereocenters. The summed E-state index contributed by atoms with van der Waals surface area (Å²) in [7, 11) is 3.28. The van der Waals surface area contributed by atoms with Crippen LogP contribution in [0.5, 0.6) is 5.75 Å². The number of methoxy groups -OCH3 is 1. The predicted octanol–water partition coefficient (Wildman–Crippen LogP) is 3.15. The molecule has 0 bridgehead atoms. The van der Waals surface area contributed by atoms with Crippen LogP contribution in [0.3, 0.4) is 0 Å². The van der Waals surface area contributed by atoms with Crippen molar-refractivity contribution in [2.75, 3.05) is 24.8 Å². The lowest BCUT2D eigenvalue weighted by Gasteiger charge is -2.12. The number of anilines is 2. The highest BCUT2D eigenvalue weighted by molar-refractivity contribution is 9.10. The van der Waals surface area contributed by atoms with Crippen molar-refractivity contribution in [3.8, 4) is 5.75 Å². The highest BCUT2D eigenvalue weighted by Crippen LogP contribution is 2.28. The maximum Gasteiger partial charge on any atom is 0.259 e. The minimum absolute atomic E-state index is 0.251. The molecule has 2 N–H and O–H groups in total. The molecule has 0 atom stereocenters. The van der Waals surface area contributed by atoms with Crippen LogP contribution in [-0.2, 0) is 0 Å². The van der Waals surface area contributed by atoms with Gasteiger partial charge in [0.15, 0.2) is 0 Å². The van der Waals surface area contributed by atoms with Gasteiger partial charge in [0.25, 0.3) is 5.91 Å². The molecule has 0 fully saturated rings. The first-order valence-corrected chi connectivity index (χ1v) is 6.72. The number of hydrogen-bond donors (Lipinski definition) is 2. The van der Waals surface area contributed by atoms with Crippen LogP contribution in [0.2, 0.25) is 0 Å². The van der Waals surface area contributed by atoms with E-state index in [1.54, 1.807) is 44.6 Å². The van der Waals surface area contributed by atoms with Crippen molar-refractivity contribution < 1.29 is 9.53 Å². The highest BCUT2D eigenvalue weighted by Gasteiger charge is 2.13. The largest absolute Gasteiger partial charge is 0.495 e. The number of rotatable bonds is 4. The van der Waals surface area contributed by atoms with E-state index in [4.69, 9.17) is 4.74 Å². The lowest BCUT2D eigenvalue weighted by atomic mass is 10.2. The fraction of sp³-hybridized carbons (Fsp3) is 0.143. The maximum absolute atomic E-state index is 12.3. The minimum Gasteiger partial charge on any atom is -0.495 e. The number of amides is 1. The molecule has 1 heterocycles. The number of halogens is 1. The number of carbonyl (C=O) groups is 1. The highest BCUT2D eigenvalue weighted by atomic mass is 79.9. The minimum atomic E-state index is -0.251. The Morgan fingerprint density at radius 2 is 2.15 bits per heavy atom. The van der Waals surface area contributed by atoms with Gasteiger partial charge in [0.1, 0.15) is 11.6 Å². The second-order valence-electron chi connectivity index (χ2n) is 3.95. The van der Waals surface area contributed by atoms with Gasteiger partial charge in [-0.3, -0.25) is 4.79 Å². The average molecular weight is 336 g/mol. The summed E-state index contributed by atoms with van der Waals surface area (Å²) in [5, 5.41) is 5.71. The number of pyridine rings is 1. The van der Waals surface area contributed by atoms with Crippen molar-refractivity contribution in [1.29, 1.82) is 0 Å². The van der Waals surface area contributed by atoms with Gasteiger partial charge >= 0.3 is 0 Å². The van der Waals surface area contributed by atoms with Gasteiger partial charge in [-0.15, -0.1) is 0 Å².